The summed E-state index contributed by atoms with van der Waals surface area (Å²) >= 11 is 0. The Morgan fingerprint density at radius 3 is 2.57 bits per heavy atom. The molecule has 3 nitrogen and oxygen atoms in total. The Labute approximate surface area is 85.9 Å². The van der Waals surface area contributed by atoms with Crippen molar-refractivity contribution in [2.75, 3.05) is 0 Å². The molecule has 0 bridgehead atoms. The first-order valence-electron chi connectivity index (χ1n) is 5.59. The molecule has 1 fully saturated rings. The maximum Gasteiger partial charge on any atom is 0.323 e. The zero-order valence-corrected chi connectivity index (χ0v) is 9.18. The zero-order valence-electron chi connectivity index (χ0n) is 9.18. The van der Waals surface area contributed by atoms with E-state index in [0.717, 1.165) is 38.5 Å². The van der Waals surface area contributed by atoms with Gasteiger partial charge >= 0.3 is 5.97 Å². The summed E-state index contributed by atoms with van der Waals surface area (Å²) in [6.45, 7) is 3.94. The van der Waals surface area contributed by atoms with Gasteiger partial charge in [0.05, 0.1) is 0 Å². The lowest BCUT2D eigenvalue weighted by molar-refractivity contribution is -0.144. The SMILES string of the molecule is CCCCCC(C)(NC1CC1)C(=O)O. The zero-order chi connectivity index (χ0) is 10.6. The van der Waals surface area contributed by atoms with Gasteiger partial charge in [0, 0.05) is 6.04 Å². The summed E-state index contributed by atoms with van der Waals surface area (Å²) in [6.07, 6.45) is 6.27. The minimum Gasteiger partial charge on any atom is -0.480 e. The van der Waals surface area contributed by atoms with Crippen LogP contribution in [-0.2, 0) is 4.79 Å². The molecule has 0 aromatic rings. The van der Waals surface area contributed by atoms with E-state index >= 15 is 0 Å². The van der Waals surface area contributed by atoms with Crippen LogP contribution in [0.4, 0.5) is 0 Å². The molecule has 1 rings (SSSR count). The summed E-state index contributed by atoms with van der Waals surface area (Å²) in [7, 11) is 0. The van der Waals surface area contributed by atoms with E-state index in [1.54, 1.807) is 0 Å². The maximum absolute atomic E-state index is 11.1. The fourth-order valence-electron chi connectivity index (χ4n) is 1.65. The molecular weight excluding hydrogens is 178 g/mol. The topological polar surface area (TPSA) is 49.3 Å². The summed E-state index contributed by atoms with van der Waals surface area (Å²) in [4.78, 5) is 11.1. The van der Waals surface area contributed by atoms with Gasteiger partial charge in [0.25, 0.3) is 0 Å². The van der Waals surface area contributed by atoms with Crippen molar-refractivity contribution in [3.8, 4) is 0 Å². The van der Waals surface area contributed by atoms with Gasteiger partial charge in [-0.1, -0.05) is 26.2 Å². The molecular formula is C11H21NO2. The largest absolute Gasteiger partial charge is 0.480 e. The van der Waals surface area contributed by atoms with E-state index in [2.05, 4.69) is 12.2 Å². The lowest BCUT2D eigenvalue weighted by Gasteiger charge is -2.26. The van der Waals surface area contributed by atoms with E-state index in [1.165, 1.54) is 0 Å². The number of carboxylic acid groups (broad SMARTS) is 1. The molecule has 0 saturated heterocycles. The van der Waals surface area contributed by atoms with E-state index in [4.69, 9.17) is 5.11 Å². The van der Waals surface area contributed by atoms with Crippen LogP contribution in [0.3, 0.4) is 0 Å². The summed E-state index contributed by atoms with van der Waals surface area (Å²) in [6, 6.07) is 0.456. The third kappa shape index (κ3) is 3.29. The molecule has 0 spiro atoms. The van der Waals surface area contributed by atoms with Gasteiger partial charge in [-0.05, 0) is 26.2 Å². The lowest BCUT2D eigenvalue weighted by Crippen LogP contribution is -2.50. The number of aliphatic carboxylic acids is 1. The van der Waals surface area contributed by atoms with Crippen LogP contribution < -0.4 is 5.32 Å². The molecule has 1 aliphatic carbocycles. The highest BCUT2D eigenvalue weighted by atomic mass is 16.4. The molecule has 0 aliphatic heterocycles. The number of rotatable bonds is 7. The van der Waals surface area contributed by atoms with Crippen LogP contribution in [0.25, 0.3) is 0 Å². The van der Waals surface area contributed by atoms with Crippen LogP contribution >= 0.6 is 0 Å². The Morgan fingerprint density at radius 1 is 1.50 bits per heavy atom. The number of unbranched alkanes of at least 4 members (excludes halogenated alkanes) is 2. The highest BCUT2D eigenvalue weighted by Crippen LogP contribution is 2.25. The van der Waals surface area contributed by atoms with Crippen LogP contribution in [0, 0.1) is 0 Å². The van der Waals surface area contributed by atoms with E-state index < -0.39 is 11.5 Å². The first-order chi connectivity index (χ1) is 6.58. The molecule has 0 radical (unpaired) electrons. The predicted octanol–water partition coefficient (Wildman–Crippen LogP) is 2.16. The highest BCUT2D eigenvalue weighted by Gasteiger charge is 2.37. The van der Waals surface area contributed by atoms with E-state index in [0.29, 0.717) is 6.04 Å². The fourth-order valence-corrected chi connectivity index (χ4v) is 1.65. The molecule has 2 N–H and O–H groups in total. The van der Waals surface area contributed by atoms with Crippen molar-refractivity contribution in [2.45, 2.75) is 64.0 Å². The molecule has 0 heterocycles. The number of carbonyl (C=O) groups is 1. The first kappa shape index (κ1) is 11.5. The molecule has 0 amide bonds. The van der Waals surface area contributed by atoms with Gasteiger partial charge in [-0.15, -0.1) is 0 Å². The van der Waals surface area contributed by atoms with Crippen molar-refractivity contribution < 1.29 is 9.90 Å². The van der Waals surface area contributed by atoms with Crippen molar-refractivity contribution in [1.29, 1.82) is 0 Å². The molecule has 0 aromatic carbocycles. The number of hydrogen-bond donors (Lipinski definition) is 2. The molecule has 3 heteroatoms. The van der Waals surface area contributed by atoms with Crippen LogP contribution in [0.5, 0.6) is 0 Å². The standard InChI is InChI=1S/C11H21NO2/c1-3-4-5-8-11(2,10(13)14)12-9-6-7-9/h9,12H,3-8H2,1-2H3,(H,13,14). The minimum absolute atomic E-state index is 0.456. The molecule has 0 aromatic heterocycles. The second kappa shape index (κ2) is 4.78. The van der Waals surface area contributed by atoms with E-state index in [9.17, 15) is 4.79 Å². The van der Waals surface area contributed by atoms with Crippen molar-refractivity contribution in [2.24, 2.45) is 0 Å². The van der Waals surface area contributed by atoms with Crippen LogP contribution in [-0.4, -0.2) is 22.7 Å². The van der Waals surface area contributed by atoms with Gasteiger partial charge < -0.3 is 5.11 Å². The van der Waals surface area contributed by atoms with Crippen molar-refractivity contribution in [3.05, 3.63) is 0 Å². The molecule has 82 valence electrons. The van der Waals surface area contributed by atoms with Gasteiger partial charge in [-0.2, -0.15) is 0 Å². The first-order valence-corrected chi connectivity index (χ1v) is 5.59. The highest BCUT2D eigenvalue weighted by molar-refractivity contribution is 5.78. The van der Waals surface area contributed by atoms with Gasteiger partial charge in [0.15, 0.2) is 0 Å². The third-order valence-corrected chi connectivity index (χ3v) is 2.85. The number of hydrogen-bond acceptors (Lipinski definition) is 2. The van der Waals surface area contributed by atoms with Gasteiger partial charge in [0.1, 0.15) is 5.54 Å². The summed E-state index contributed by atoms with van der Waals surface area (Å²) in [5.74, 6) is -0.708. The second-order valence-electron chi connectivity index (χ2n) is 4.51. The van der Waals surface area contributed by atoms with E-state index in [1.807, 2.05) is 6.92 Å². The maximum atomic E-state index is 11.1. The second-order valence-corrected chi connectivity index (χ2v) is 4.51. The molecule has 1 aliphatic rings. The molecule has 1 atom stereocenters. The van der Waals surface area contributed by atoms with Crippen LogP contribution in [0.15, 0.2) is 0 Å². The summed E-state index contributed by atoms with van der Waals surface area (Å²) < 4.78 is 0. The summed E-state index contributed by atoms with van der Waals surface area (Å²) in [5.41, 5.74) is -0.698. The molecule has 1 unspecified atom stereocenters. The van der Waals surface area contributed by atoms with Gasteiger partial charge in [-0.3, -0.25) is 10.1 Å². The van der Waals surface area contributed by atoms with Crippen LogP contribution in [0.2, 0.25) is 0 Å². The van der Waals surface area contributed by atoms with E-state index in [-0.39, 0.29) is 0 Å². The number of nitrogens with one attached hydrogen (secondary N) is 1. The number of carboxylic acids is 1. The monoisotopic (exact) mass is 199 g/mol. The predicted molar refractivity (Wildman–Crippen MR) is 56.3 cm³/mol. The Balaban J connectivity index is 2.38. The molecule has 14 heavy (non-hydrogen) atoms. The summed E-state index contributed by atoms with van der Waals surface area (Å²) in [5, 5.41) is 12.4. The van der Waals surface area contributed by atoms with Gasteiger partial charge in [-0.25, -0.2) is 0 Å². The van der Waals surface area contributed by atoms with Crippen molar-refractivity contribution in [3.63, 3.8) is 0 Å². The average molecular weight is 199 g/mol. The van der Waals surface area contributed by atoms with Gasteiger partial charge in [0.2, 0.25) is 0 Å². The minimum atomic E-state index is -0.708. The van der Waals surface area contributed by atoms with Crippen molar-refractivity contribution in [1.82, 2.24) is 5.32 Å². The normalized spacial score (nSPS) is 20.4. The third-order valence-electron chi connectivity index (χ3n) is 2.85. The van der Waals surface area contributed by atoms with Crippen molar-refractivity contribution >= 4 is 5.97 Å². The lowest BCUT2D eigenvalue weighted by atomic mass is 9.94. The fraction of sp³-hybridized carbons (Fsp3) is 0.909. The Morgan fingerprint density at radius 2 is 2.14 bits per heavy atom. The Kier molecular flexibility index (Phi) is 3.93. The smallest absolute Gasteiger partial charge is 0.323 e. The Bertz CT molecular complexity index is 201. The van der Waals surface area contributed by atoms with Crippen LogP contribution in [0.1, 0.15) is 52.4 Å². The average Bonchev–Trinajstić information content (AvgIpc) is 2.88. The Hall–Kier alpha value is -0.570. The quantitative estimate of drug-likeness (QED) is 0.618. The molecule has 1 saturated carbocycles.